The van der Waals surface area contributed by atoms with Crippen LogP contribution in [0.5, 0.6) is 0 Å². The first kappa shape index (κ1) is 24.7. The Morgan fingerprint density at radius 1 is 0.295 bits per heavy atom. The average Bonchev–Trinajstić information content (AvgIpc) is 3.62. The van der Waals surface area contributed by atoms with E-state index in [1.54, 1.807) is 0 Å². The Hall–Kier alpha value is -5.86. The van der Waals surface area contributed by atoms with E-state index in [0.29, 0.717) is 0 Å². The third-order valence-corrected chi connectivity index (χ3v) is 8.93. The van der Waals surface area contributed by atoms with Crippen LogP contribution in [0, 0.1) is 0 Å². The van der Waals surface area contributed by atoms with Gasteiger partial charge in [-0.25, -0.2) is 0 Å². The molecule has 0 bridgehead atoms. The molecule has 0 unspecified atom stereocenters. The first-order chi connectivity index (χ1) is 21.8. The minimum Gasteiger partial charge on any atom is -0.309 e. The summed E-state index contributed by atoms with van der Waals surface area (Å²) in [4.78, 5) is 0. The molecule has 206 valence electrons. The van der Waals surface area contributed by atoms with Gasteiger partial charge >= 0.3 is 0 Å². The standard InChI is InChI=1S/C42H28N2/c1-3-12-29(13-4-1)30-22-24-32(25-23-30)43-40-27-26-33(44-38-19-9-7-16-35(38)36-17-8-10-20-39(36)44)28-37(40)42-34(18-11-21-41(42)43)31-14-5-2-6-15-31/h1-28H. The van der Waals surface area contributed by atoms with Crippen molar-refractivity contribution >= 4 is 43.6 Å². The van der Waals surface area contributed by atoms with Crippen LogP contribution in [0.2, 0.25) is 0 Å². The fraction of sp³-hybridized carbons (Fsp3) is 0. The van der Waals surface area contributed by atoms with E-state index < -0.39 is 0 Å². The van der Waals surface area contributed by atoms with Crippen molar-refractivity contribution in [1.82, 2.24) is 9.13 Å². The largest absolute Gasteiger partial charge is 0.309 e. The number of nitrogens with zero attached hydrogens (tertiary/aromatic N) is 2. The van der Waals surface area contributed by atoms with E-state index in [9.17, 15) is 0 Å². The number of benzene rings is 7. The molecule has 0 atom stereocenters. The van der Waals surface area contributed by atoms with E-state index >= 15 is 0 Å². The topological polar surface area (TPSA) is 9.86 Å². The molecular formula is C42H28N2. The van der Waals surface area contributed by atoms with Gasteiger partial charge in [0, 0.05) is 32.9 Å². The highest BCUT2D eigenvalue weighted by atomic mass is 15.0. The van der Waals surface area contributed by atoms with E-state index in [1.165, 1.54) is 65.9 Å². The minimum atomic E-state index is 1.15. The number of rotatable bonds is 4. The summed E-state index contributed by atoms with van der Waals surface area (Å²) in [5.74, 6) is 0. The van der Waals surface area contributed by atoms with Crippen molar-refractivity contribution in [3.63, 3.8) is 0 Å². The van der Waals surface area contributed by atoms with Crippen LogP contribution in [0.3, 0.4) is 0 Å². The fourth-order valence-corrected chi connectivity index (χ4v) is 6.97. The Balaban J connectivity index is 1.34. The smallest absolute Gasteiger partial charge is 0.0547 e. The Morgan fingerprint density at radius 2 is 0.795 bits per heavy atom. The molecular weight excluding hydrogens is 532 g/mol. The lowest BCUT2D eigenvalue weighted by Gasteiger charge is -2.11. The highest BCUT2D eigenvalue weighted by molar-refractivity contribution is 6.17. The van der Waals surface area contributed by atoms with Gasteiger partial charge in [-0.3, -0.25) is 0 Å². The third-order valence-electron chi connectivity index (χ3n) is 8.93. The summed E-state index contributed by atoms with van der Waals surface area (Å²) in [6, 6.07) is 61.4. The van der Waals surface area contributed by atoms with E-state index in [1.807, 2.05) is 0 Å². The molecule has 2 nitrogen and oxygen atoms in total. The quantitative estimate of drug-likeness (QED) is 0.203. The van der Waals surface area contributed by atoms with Gasteiger partial charge in [0.2, 0.25) is 0 Å². The summed E-state index contributed by atoms with van der Waals surface area (Å²) >= 11 is 0. The molecule has 0 saturated carbocycles. The van der Waals surface area contributed by atoms with Gasteiger partial charge in [-0.2, -0.15) is 0 Å². The maximum Gasteiger partial charge on any atom is 0.0547 e. The predicted octanol–water partition coefficient (Wildman–Crippen LogP) is 11.2. The van der Waals surface area contributed by atoms with E-state index in [4.69, 9.17) is 0 Å². The van der Waals surface area contributed by atoms with Gasteiger partial charge in [0.1, 0.15) is 0 Å². The second-order valence-electron chi connectivity index (χ2n) is 11.4. The van der Waals surface area contributed by atoms with Crippen molar-refractivity contribution in [3.8, 4) is 33.6 Å². The van der Waals surface area contributed by atoms with Crippen LogP contribution in [0.15, 0.2) is 170 Å². The zero-order valence-corrected chi connectivity index (χ0v) is 24.1. The fourth-order valence-electron chi connectivity index (χ4n) is 6.97. The molecule has 9 rings (SSSR count). The van der Waals surface area contributed by atoms with E-state index in [-0.39, 0.29) is 0 Å². The Kier molecular flexibility index (Phi) is 5.54. The summed E-state index contributed by atoms with van der Waals surface area (Å²) in [6.07, 6.45) is 0. The number of aromatic nitrogens is 2. The molecule has 44 heavy (non-hydrogen) atoms. The first-order valence-electron chi connectivity index (χ1n) is 15.1. The van der Waals surface area contributed by atoms with E-state index in [0.717, 1.165) is 11.4 Å². The molecule has 0 aliphatic carbocycles. The molecule has 0 fully saturated rings. The zero-order chi connectivity index (χ0) is 29.0. The average molecular weight is 561 g/mol. The molecule has 0 radical (unpaired) electrons. The Morgan fingerprint density at radius 3 is 1.48 bits per heavy atom. The van der Waals surface area contributed by atoms with Crippen molar-refractivity contribution in [2.24, 2.45) is 0 Å². The lowest BCUT2D eigenvalue weighted by Crippen LogP contribution is -1.95. The maximum atomic E-state index is 2.42. The van der Waals surface area contributed by atoms with Crippen LogP contribution < -0.4 is 0 Å². The number of hydrogen-bond donors (Lipinski definition) is 0. The maximum absolute atomic E-state index is 2.42. The summed E-state index contributed by atoms with van der Waals surface area (Å²) in [6.45, 7) is 0. The highest BCUT2D eigenvalue weighted by Crippen LogP contribution is 2.41. The third kappa shape index (κ3) is 3.75. The number of hydrogen-bond acceptors (Lipinski definition) is 0. The molecule has 2 heterocycles. The SMILES string of the molecule is c1ccc(-c2ccc(-n3c4ccc(-n5c6ccccc6c6ccccc65)cc4c4c(-c5ccccc5)cccc43)cc2)cc1. The molecule has 0 aliphatic heterocycles. The van der Waals surface area contributed by atoms with Gasteiger partial charge in [-0.15, -0.1) is 0 Å². The van der Waals surface area contributed by atoms with Crippen molar-refractivity contribution < 1.29 is 0 Å². The van der Waals surface area contributed by atoms with Gasteiger partial charge in [-0.1, -0.05) is 121 Å². The second kappa shape index (κ2) is 9.86. The van der Waals surface area contributed by atoms with Crippen LogP contribution in [0.4, 0.5) is 0 Å². The molecule has 0 saturated heterocycles. The minimum absolute atomic E-state index is 1.15. The van der Waals surface area contributed by atoms with Crippen LogP contribution in [-0.4, -0.2) is 9.13 Å². The van der Waals surface area contributed by atoms with Gasteiger partial charge < -0.3 is 9.13 Å². The van der Waals surface area contributed by atoms with Crippen molar-refractivity contribution in [3.05, 3.63) is 170 Å². The number of para-hydroxylation sites is 2. The molecule has 7 aromatic carbocycles. The molecule has 0 N–H and O–H groups in total. The Bertz CT molecular complexity index is 2410. The van der Waals surface area contributed by atoms with Crippen molar-refractivity contribution in [1.29, 1.82) is 0 Å². The van der Waals surface area contributed by atoms with Crippen LogP contribution >= 0.6 is 0 Å². The monoisotopic (exact) mass is 560 g/mol. The normalized spacial score (nSPS) is 11.6. The van der Waals surface area contributed by atoms with Crippen molar-refractivity contribution in [2.45, 2.75) is 0 Å². The van der Waals surface area contributed by atoms with Gasteiger partial charge in [0.15, 0.2) is 0 Å². The van der Waals surface area contributed by atoms with Crippen LogP contribution in [-0.2, 0) is 0 Å². The summed E-state index contributed by atoms with van der Waals surface area (Å²) in [5, 5.41) is 5.05. The molecule has 2 heteroatoms. The van der Waals surface area contributed by atoms with Crippen molar-refractivity contribution in [2.75, 3.05) is 0 Å². The molecule has 2 aromatic heterocycles. The second-order valence-corrected chi connectivity index (χ2v) is 11.4. The number of fused-ring (bicyclic) bond motifs is 6. The molecule has 9 aromatic rings. The molecule has 0 amide bonds. The summed E-state index contributed by atoms with van der Waals surface area (Å²) in [7, 11) is 0. The lowest BCUT2D eigenvalue weighted by molar-refractivity contribution is 1.17. The van der Waals surface area contributed by atoms with Gasteiger partial charge in [-0.05, 0) is 70.8 Å². The predicted molar refractivity (Wildman–Crippen MR) is 186 cm³/mol. The van der Waals surface area contributed by atoms with Crippen LogP contribution in [0.25, 0.3) is 77.2 Å². The molecule has 0 aliphatic rings. The lowest BCUT2D eigenvalue weighted by atomic mass is 9.99. The van der Waals surface area contributed by atoms with Gasteiger partial charge in [0.05, 0.1) is 22.1 Å². The highest BCUT2D eigenvalue weighted by Gasteiger charge is 2.18. The van der Waals surface area contributed by atoms with E-state index in [2.05, 4.69) is 179 Å². The van der Waals surface area contributed by atoms with Gasteiger partial charge in [0.25, 0.3) is 0 Å². The summed E-state index contributed by atoms with van der Waals surface area (Å²) < 4.78 is 4.83. The summed E-state index contributed by atoms with van der Waals surface area (Å²) in [5.41, 5.74) is 12.1. The zero-order valence-electron chi connectivity index (χ0n) is 24.1. The first-order valence-corrected chi connectivity index (χ1v) is 15.1. The molecule has 0 spiro atoms. The Labute approximate surface area is 255 Å². The van der Waals surface area contributed by atoms with Crippen LogP contribution in [0.1, 0.15) is 0 Å².